The first-order chi connectivity index (χ1) is 8.07. The zero-order valence-corrected chi connectivity index (χ0v) is 10.7. The molecule has 2 rings (SSSR count). The number of nitrogens with zero attached hydrogens (tertiary/aromatic N) is 1. The zero-order chi connectivity index (χ0) is 12.5. The molecule has 0 bridgehead atoms. The molecule has 1 saturated carbocycles. The highest BCUT2D eigenvalue weighted by Crippen LogP contribution is 2.40. The van der Waals surface area contributed by atoms with Crippen molar-refractivity contribution in [2.75, 3.05) is 13.2 Å². The molecule has 0 aromatic carbocycles. The Bertz CT molecular complexity index is 287. The lowest BCUT2D eigenvalue weighted by Gasteiger charge is -2.33. The zero-order valence-electron chi connectivity index (χ0n) is 10.7. The second kappa shape index (κ2) is 4.94. The van der Waals surface area contributed by atoms with E-state index in [4.69, 9.17) is 10.8 Å². The summed E-state index contributed by atoms with van der Waals surface area (Å²) in [5, 5.41) is 8.88. The van der Waals surface area contributed by atoms with Crippen LogP contribution < -0.4 is 5.73 Å². The van der Waals surface area contributed by atoms with Crippen molar-refractivity contribution in [2.45, 2.75) is 57.0 Å². The normalized spacial score (nSPS) is 28.2. The van der Waals surface area contributed by atoms with Gasteiger partial charge in [-0.3, -0.25) is 4.79 Å². The molecular weight excluding hydrogens is 216 g/mol. The lowest BCUT2D eigenvalue weighted by Crippen LogP contribution is -2.56. The Morgan fingerprint density at radius 2 is 2.18 bits per heavy atom. The van der Waals surface area contributed by atoms with Crippen molar-refractivity contribution < 1.29 is 9.90 Å². The molecule has 2 unspecified atom stereocenters. The fraction of sp³-hybridized carbons (Fsp3) is 0.923. The summed E-state index contributed by atoms with van der Waals surface area (Å²) in [6.07, 6.45) is 6.00. The number of nitrogens with two attached hydrogens (primary N) is 1. The molecule has 4 heteroatoms. The van der Waals surface area contributed by atoms with Crippen molar-refractivity contribution in [3.8, 4) is 0 Å². The molecule has 0 radical (unpaired) electrons. The second-order valence-electron chi connectivity index (χ2n) is 5.72. The van der Waals surface area contributed by atoms with E-state index in [0.29, 0.717) is 12.0 Å². The smallest absolute Gasteiger partial charge is 0.242 e. The minimum absolute atomic E-state index is 0.125. The highest BCUT2D eigenvalue weighted by molar-refractivity contribution is 5.87. The summed E-state index contributed by atoms with van der Waals surface area (Å²) >= 11 is 0. The van der Waals surface area contributed by atoms with E-state index in [2.05, 4.69) is 0 Å². The summed E-state index contributed by atoms with van der Waals surface area (Å²) in [6, 6.07) is 0.302. The van der Waals surface area contributed by atoms with Gasteiger partial charge in [0.05, 0.1) is 5.54 Å². The molecule has 17 heavy (non-hydrogen) atoms. The quantitative estimate of drug-likeness (QED) is 0.749. The van der Waals surface area contributed by atoms with Gasteiger partial charge in [-0.05, 0) is 51.4 Å². The third-order valence-corrected chi connectivity index (χ3v) is 4.22. The highest BCUT2D eigenvalue weighted by Gasteiger charge is 2.47. The Balaban J connectivity index is 1.97. The average Bonchev–Trinajstić information content (AvgIpc) is 3.06. The maximum atomic E-state index is 12.5. The van der Waals surface area contributed by atoms with E-state index < -0.39 is 5.54 Å². The molecule has 1 heterocycles. The number of carbonyl (C=O) groups excluding carboxylic acids is 1. The van der Waals surface area contributed by atoms with E-state index in [-0.39, 0.29) is 12.5 Å². The minimum Gasteiger partial charge on any atom is -0.396 e. The molecule has 98 valence electrons. The van der Waals surface area contributed by atoms with Crippen molar-refractivity contribution in [3.63, 3.8) is 0 Å². The summed E-state index contributed by atoms with van der Waals surface area (Å²) in [6.45, 7) is 2.93. The molecular formula is C13H24N2O2. The van der Waals surface area contributed by atoms with E-state index in [1.54, 1.807) is 0 Å². The van der Waals surface area contributed by atoms with Crippen molar-refractivity contribution in [2.24, 2.45) is 11.7 Å². The van der Waals surface area contributed by atoms with Gasteiger partial charge in [0, 0.05) is 19.2 Å². The van der Waals surface area contributed by atoms with Gasteiger partial charge in [-0.1, -0.05) is 0 Å². The van der Waals surface area contributed by atoms with Gasteiger partial charge in [-0.25, -0.2) is 0 Å². The molecule has 1 saturated heterocycles. The lowest BCUT2D eigenvalue weighted by molar-refractivity contribution is -0.138. The third-order valence-electron chi connectivity index (χ3n) is 4.22. The molecule has 1 amide bonds. The number of likely N-dealkylation sites (tertiary alicyclic amines) is 1. The topological polar surface area (TPSA) is 66.6 Å². The second-order valence-corrected chi connectivity index (χ2v) is 5.72. The molecule has 2 atom stereocenters. The Hall–Kier alpha value is -0.610. The van der Waals surface area contributed by atoms with Gasteiger partial charge < -0.3 is 15.7 Å². The molecule has 0 aromatic rings. The fourth-order valence-electron chi connectivity index (χ4n) is 2.90. The molecule has 2 fully saturated rings. The van der Waals surface area contributed by atoms with Crippen LogP contribution in [0.2, 0.25) is 0 Å². The van der Waals surface area contributed by atoms with Crippen LogP contribution in [0.5, 0.6) is 0 Å². The summed E-state index contributed by atoms with van der Waals surface area (Å²) in [5.41, 5.74) is 5.53. The summed E-state index contributed by atoms with van der Waals surface area (Å²) < 4.78 is 0. The number of amides is 1. The third kappa shape index (κ3) is 2.63. The van der Waals surface area contributed by atoms with Crippen LogP contribution in [0.15, 0.2) is 0 Å². The molecule has 1 aliphatic carbocycles. The van der Waals surface area contributed by atoms with Gasteiger partial charge in [-0.15, -0.1) is 0 Å². The molecule has 0 aromatic heterocycles. The molecule has 1 aliphatic heterocycles. The van der Waals surface area contributed by atoms with Gasteiger partial charge in [-0.2, -0.15) is 0 Å². The first-order valence-corrected chi connectivity index (χ1v) is 6.78. The van der Waals surface area contributed by atoms with Crippen molar-refractivity contribution in [1.29, 1.82) is 0 Å². The minimum atomic E-state index is -0.665. The predicted molar refractivity (Wildman–Crippen MR) is 66.4 cm³/mol. The molecule has 0 spiro atoms. The summed E-state index contributed by atoms with van der Waals surface area (Å²) in [7, 11) is 0. The van der Waals surface area contributed by atoms with Crippen LogP contribution in [0, 0.1) is 5.92 Å². The average molecular weight is 240 g/mol. The van der Waals surface area contributed by atoms with Gasteiger partial charge in [0.15, 0.2) is 0 Å². The molecule has 2 aliphatic rings. The first kappa shape index (κ1) is 12.8. The van der Waals surface area contributed by atoms with Crippen LogP contribution in [0.3, 0.4) is 0 Å². The SMILES string of the molecule is CC(N)(C(=O)N1CCCC1CCCO)C1CC1. The van der Waals surface area contributed by atoms with Crippen LogP contribution in [-0.4, -0.2) is 40.6 Å². The molecule has 4 nitrogen and oxygen atoms in total. The van der Waals surface area contributed by atoms with Crippen LogP contribution in [0.25, 0.3) is 0 Å². The summed E-state index contributed by atoms with van der Waals surface area (Å²) in [5.74, 6) is 0.509. The van der Waals surface area contributed by atoms with Crippen LogP contribution in [0.4, 0.5) is 0 Å². The van der Waals surface area contributed by atoms with E-state index in [9.17, 15) is 4.79 Å². The number of carbonyl (C=O) groups is 1. The van der Waals surface area contributed by atoms with Gasteiger partial charge in [0.1, 0.15) is 0 Å². The van der Waals surface area contributed by atoms with Gasteiger partial charge >= 0.3 is 0 Å². The van der Waals surface area contributed by atoms with Crippen LogP contribution in [0.1, 0.15) is 45.4 Å². The number of hydrogen-bond donors (Lipinski definition) is 2. The number of aliphatic hydroxyl groups is 1. The Morgan fingerprint density at radius 1 is 1.47 bits per heavy atom. The first-order valence-electron chi connectivity index (χ1n) is 6.78. The van der Waals surface area contributed by atoms with Crippen molar-refractivity contribution in [3.05, 3.63) is 0 Å². The van der Waals surface area contributed by atoms with Gasteiger partial charge in [0.25, 0.3) is 0 Å². The van der Waals surface area contributed by atoms with E-state index in [0.717, 1.165) is 45.1 Å². The maximum absolute atomic E-state index is 12.5. The maximum Gasteiger partial charge on any atom is 0.242 e. The van der Waals surface area contributed by atoms with Gasteiger partial charge in [0.2, 0.25) is 5.91 Å². The Labute approximate surface area is 103 Å². The van der Waals surface area contributed by atoms with Crippen LogP contribution in [-0.2, 0) is 4.79 Å². The van der Waals surface area contributed by atoms with E-state index in [1.165, 1.54) is 0 Å². The number of aliphatic hydroxyl groups excluding tert-OH is 1. The summed E-state index contributed by atoms with van der Waals surface area (Å²) in [4.78, 5) is 14.4. The lowest BCUT2D eigenvalue weighted by atomic mass is 9.94. The predicted octanol–water partition coefficient (Wildman–Crippen LogP) is 0.877. The van der Waals surface area contributed by atoms with Crippen molar-refractivity contribution >= 4 is 5.91 Å². The van der Waals surface area contributed by atoms with E-state index >= 15 is 0 Å². The Morgan fingerprint density at radius 3 is 2.76 bits per heavy atom. The monoisotopic (exact) mass is 240 g/mol. The number of hydrogen-bond acceptors (Lipinski definition) is 3. The number of rotatable bonds is 5. The standard InChI is InChI=1S/C13H24N2O2/c1-13(14,10-6-7-10)12(17)15-8-2-4-11(15)5-3-9-16/h10-11,16H,2-9,14H2,1H3. The largest absolute Gasteiger partial charge is 0.396 e. The molecule has 3 N–H and O–H groups in total. The van der Waals surface area contributed by atoms with Crippen LogP contribution >= 0.6 is 0 Å². The highest BCUT2D eigenvalue weighted by atomic mass is 16.3. The van der Waals surface area contributed by atoms with E-state index in [1.807, 2.05) is 11.8 Å². The fourth-order valence-corrected chi connectivity index (χ4v) is 2.90. The Kier molecular flexibility index (Phi) is 3.73. The van der Waals surface area contributed by atoms with Crippen molar-refractivity contribution in [1.82, 2.24) is 4.90 Å².